The van der Waals surface area contributed by atoms with E-state index in [-0.39, 0.29) is 5.91 Å². The molecule has 0 radical (unpaired) electrons. The van der Waals surface area contributed by atoms with Gasteiger partial charge in [0.2, 0.25) is 5.91 Å². The number of carbonyl (C=O) groups excluding carboxylic acids is 1. The van der Waals surface area contributed by atoms with Crippen molar-refractivity contribution in [1.29, 1.82) is 0 Å². The maximum absolute atomic E-state index is 11.7. The molecule has 0 spiro atoms. The fourth-order valence-corrected chi connectivity index (χ4v) is 1.87. The molecule has 0 aliphatic carbocycles. The Morgan fingerprint density at radius 1 is 1.50 bits per heavy atom. The predicted octanol–water partition coefficient (Wildman–Crippen LogP) is 1.35. The first-order valence-electron chi connectivity index (χ1n) is 4.84. The van der Waals surface area contributed by atoms with Gasteiger partial charge in [-0.25, -0.2) is 0 Å². The van der Waals surface area contributed by atoms with Crippen LogP contribution >= 0.6 is 22.9 Å². The Hall–Kier alpha value is -0.460. The number of nitrogens with one attached hydrogen (secondary N) is 2. The number of hydrogen-bond acceptors (Lipinski definition) is 3. The van der Waals surface area contributed by atoms with Crippen LogP contribution in [0.1, 0.15) is 25.7 Å². The van der Waals surface area contributed by atoms with E-state index < -0.39 is 0 Å². The van der Waals surface area contributed by atoms with Gasteiger partial charge in [-0.1, -0.05) is 6.42 Å². The van der Waals surface area contributed by atoms with Crippen LogP contribution in [0.4, 0.5) is 0 Å². The van der Waals surface area contributed by atoms with Crippen molar-refractivity contribution >= 4 is 28.8 Å². The van der Waals surface area contributed by atoms with Gasteiger partial charge in [0.05, 0.1) is 22.9 Å². The number of nitrogens with zero attached hydrogens (tertiary/aromatic N) is 1. The van der Waals surface area contributed by atoms with Crippen LogP contribution in [0, 0.1) is 0 Å². The van der Waals surface area contributed by atoms with Gasteiger partial charge in [0, 0.05) is 26.2 Å². The van der Waals surface area contributed by atoms with E-state index in [4.69, 9.17) is 0 Å². The lowest BCUT2D eigenvalue weighted by Gasteiger charge is -2.23. The molecule has 1 rings (SSSR count). The minimum Gasteiger partial charge on any atom is -0.373 e. The van der Waals surface area contributed by atoms with Gasteiger partial charge in [0.25, 0.3) is 0 Å². The smallest absolute Gasteiger partial charge is 0.228 e. The van der Waals surface area contributed by atoms with Gasteiger partial charge >= 0.3 is 0 Å². The van der Waals surface area contributed by atoms with Gasteiger partial charge in [0.15, 0.2) is 0 Å². The summed E-state index contributed by atoms with van der Waals surface area (Å²) < 4.78 is 2.91. The molecule has 0 saturated carbocycles. The van der Waals surface area contributed by atoms with E-state index in [9.17, 15) is 4.79 Å². The third-order valence-electron chi connectivity index (χ3n) is 2.31. The van der Waals surface area contributed by atoms with Crippen LogP contribution in [0.2, 0.25) is 0 Å². The third kappa shape index (κ3) is 3.04. The standard InChI is InChI=1S/C9H16IN3O/c1-11-8(7-12-10)13-6-4-2-3-5-9(13)14/h7,11-12H,2-6H2,1H3/b8-7+. The zero-order valence-electron chi connectivity index (χ0n) is 8.35. The average Bonchev–Trinajstić information content (AvgIpc) is 2.40. The molecule has 1 amide bonds. The molecular formula is C9H16IN3O. The van der Waals surface area contributed by atoms with Crippen molar-refractivity contribution < 1.29 is 4.79 Å². The number of carbonyl (C=O) groups is 1. The molecule has 0 atom stereocenters. The lowest BCUT2D eigenvalue weighted by atomic mass is 10.2. The van der Waals surface area contributed by atoms with Gasteiger partial charge in [-0.05, 0) is 12.8 Å². The molecule has 4 nitrogen and oxygen atoms in total. The van der Waals surface area contributed by atoms with Crippen LogP contribution in [0.15, 0.2) is 12.0 Å². The van der Waals surface area contributed by atoms with E-state index >= 15 is 0 Å². The summed E-state index contributed by atoms with van der Waals surface area (Å²) in [6.45, 7) is 0.823. The van der Waals surface area contributed by atoms with Crippen molar-refractivity contribution in [2.24, 2.45) is 0 Å². The summed E-state index contributed by atoms with van der Waals surface area (Å²) in [6.07, 6.45) is 5.73. The van der Waals surface area contributed by atoms with Gasteiger partial charge < -0.3 is 8.85 Å². The predicted molar refractivity (Wildman–Crippen MR) is 64.5 cm³/mol. The Labute approximate surface area is 98.6 Å². The Kier molecular flexibility index (Phi) is 5.06. The fourth-order valence-electron chi connectivity index (χ4n) is 1.57. The monoisotopic (exact) mass is 309 g/mol. The Bertz CT molecular complexity index is 230. The summed E-state index contributed by atoms with van der Waals surface area (Å²) in [5.74, 6) is 1.07. The average molecular weight is 309 g/mol. The molecule has 1 fully saturated rings. The molecule has 0 unspecified atom stereocenters. The van der Waals surface area contributed by atoms with Crippen molar-refractivity contribution in [1.82, 2.24) is 13.7 Å². The summed E-state index contributed by atoms with van der Waals surface area (Å²) in [7, 11) is 1.83. The van der Waals surface area contributed by atoms with Crippen LogP contribution in [-0.2, 0) is 4.79 Å². The van der Waals surface area contributed by atoms with E-state index in [1.54, 1.807) is 0 Å². The third-order valence-corrected chi connectivity index (χ3v) is 2.62. The quantitative estimate of drug-likeness (QED) is 0.611. The maximum atomic E-state index is 11.7. The van der Waals surface area contributed by atoms with Crippen LogP contribution in [0.5, 0.6) is 0 Å². The molecule has 1 saturated heterocycles. The molecule has 0 aromatic carbocycles. The summed E-state index contributed by atoms with van der Waals surface area (Å²) in [6, 6.07) is 0. The fraction of sp³-hybridized carbons (Fsp3) is 0.667. The molecule has 0 bridgehead atoms. The Balaban J connectivity index is 2.70. The zero-order chi connectivity index (χ0) is 10.4. The lowest BCUT2D eigenvalue weighted by molar-refractivity contribution is -0.129. The highest BCUT2D eigenvalue weighted by Gasteiger charge is 2.19. The molecule has 0 aromatic rings. The molecule has 80 valence electrons. The normalized spacial score (nSPS) is 19.1. The largest absolute Gasteiger partial charge is 0.373 e. The SMILES string of the molecule is CN/C(=C\NI)N1CCCCCC1=O. The molecular weight excluding hydrogens is 293 g/mol. The van der Waals surface area contributed by atoms with Gasteiger partial charge in [0.1, 0.15) is 5.82 Å². The van der Waals surface area contributed by atoms with E-state index in [2.05, 4.69) is 8.85 Å². The minimum atomic E-state index is 0.217. The molecule has 2 N–H and O–H groups in total. The first-order chi connectivity index (χ1) is 6.79. The summed E-state index contributed by atoms with van der Waals surface area (Å²) >= 11 is 2.03. The Morgan fingerprint density at radius 2 is 2.29 bits per heavy atom. The first kappa shape index (κ1) is 11.6. The molecule has 1 heterocycles. The Morgan fingerprint density at radius 3 is 2.93 bits per heavy atom. The number of halogens is 1. The van der Waals surface area contributed by atoms with E-state index in [0.29, 0.717) is 6.42 Å². The molecule has 0 aromatic heterocycles. The van der Waals surface area contributed by atoms with Gasteiger partial charge in [-0.15, -0.1) is 0 Å². The second kappa shape index (κ2) is 6.10. The van der Waals surface area contributed by atoms with Crippen LogP contribution in [0.3, 0.4) is 0 Å². The highest BCUT2D eigenvalue weighted by molar-refractivity contribution is 14.1. The van der Waals surface area contributed by atoms with Crippen molar-refractivity contribution in [2.75, 3.05) is 13.6 Å². The molecule has 5 heteroatoms. The van der Waals surface area contributed by atoms with Crippen molar-refractivity contribution in [3.8, 4) is 0 Å². The van der Waals surface area contributed by atoms with Crippen LogP contribution in [0.25, 0.3) is 0 Å². The summed E-state index contributed by atoms with van der Waals surface area (Å²) in [4.78, 5) is 13.5. The zero-order valence-corrected chi connectivity index (χ0v) is 10.5. The van der Waals surface area contributed by atoms with Crippen molar-refractivity contribution in [2.45, 2.75) is 25.7 Å². The lowest BCUT2D eigenvalue weighted by Crippen LogP contribution is -2.35. The van der Waals surface area contributed by atoms with Gasteiger partial charge in [-0.2, -0.15) is 0 Å². The minimum absolute atomic E-state index is 0.217. The number of likely N-dealkylation sites (tertiary alicyclic amines) is 1. The van der Waals surface area contributed by atoms with Gasteiger partial charge in [-0.3, -0.25) is 9.69 Å². The number of hydrogen-bond donors (Lipinski definition) is 2. The number of rotatable bonds is 3. The summed E-state index contributed by atoms with van der Waals surface area (Å²) in [5, 5.41) is 3.03. The maximum Gasteiger partial charge on any atom is 0.228 e. The van der Waals surface area contributed by atoms with Crippen LogP contribution in [-0.4, -0.2) is 24.4 Å². The highest BCUT2D eigenvalue weighted by atomic mass is 127. The summed E-state index contributed by atoms with van der Waals surface area (Å²) in [5.41, 5.74) is 0. The first-order valence-corrected chi connectivity index (χ1v) is 5.92. The molecule has 1 aliphatic heterocycles. The second-order valence-corrected chi connectivity index (χ2v) is 3.87. The van der Waals surface area contributed by atoms with Crippen LogP contribution < -0.4 is 8.85 Å². The topological polar surface area (TPSA) is 44.4 Å². The highest BCUT2D eigenvalue weighted by Crippen LogP contribution is 2.14. The van der Waals surface area contributed by atoms with E-state index in [1.165, 1.54) is 0 Å². The van der Waals surface area contributed by atoms with E-state index in [1.807, 2.05) is 41.0 Å². The molecule has 1 aliphatic rings. The second-order valence-electron chi connectivity index (χ2n) is 3.24. The number of amides is 1. The van der Waals surface area contributed by atoms with E-state index in [0.717, 1.165) is 31.6 Å². The van der Waals surface area contributed by atoms with Crippen molar-refractivity contribution in [3.05, 3.63) is 12.0 Å². The van der Waals surface area contributed by atoms with Crippen molar-refractivity contribution in [3.63, 3.8) is 0 Å². The molecule has 14 heavy (non-hydrogen) atoms.